The summed E-state index contributed by atoms with van der Waals surface area (Å²) in [5, 5.41) is 6.57. The van der Waals surface area contributed by atoms with Crippen molar-refractivity contribution in [2.75, 3.05) is 31.1 Å². The molecule has 178 valence electrons. The Morgan fingerprint density at radius 2 is 1.74 bits per heavy atom. The van der Waals surface area contributed by atoms with Crippen LogP contribution in [0.25, 0.3) is 11.3 Å². The second kappa shape index (κ2) is 10.6. The summed E-state index contributed by atoms with van der Waals surface area (Å²) in [6.45, 7) is 3.46. The lowest BCUT2D eigenvalue weighted by Gasteiger charge is -2.27. The highest BCUT2D eigenvalue weighted by Crippen LogP contribution is 2.35. The van der Waals surface area contributed by atoms with E-state index in [1.54, 1.807) is 12.1 Å². The number of hydrogen-bond donors (Lipinski definition) is 1. The average Bonchev–Trinajstić information content (AvgIpc) is 3.39. The number of amides is 1. The standard InChI is InChI=1S/C27H24ClFN4OS/c28-22-11-9-20(10-12-22)24-18-35-27(31-24)33(25-4-2-1-3-23(25)29)17-19-5-7-21(8-6-19)26(34)32-15-13-30-14-16-32/h1-12,18,30H,13-17H2. The number of rotatable bonds is 6. The summed E-state index contributed by atoms with van der Waals surface area (Å²) in [4.78, 5) is 21.3. The Hall–Kier alpha value is -3.26. The number of aromatic nitrogens is 1. The molecule has 0 unspecified atom stereocenters. The monoisotopic (exact) mass is 506 g/mol. The molecule has 1 aliphatic rings. The van der Waals surface area contributed by atoms with Gasteiger partial charge in [-0.25, -0.2) is 9.37 Å². The van der Waals surface area contributed by atoms with Crippen LogP contribution in [0.4, 0.5) is 15.2 Å². The van der Waals surface area contributed by atoms with Crippen LogP contribution in [0.5, 0.6) is 0 Å². The minimum atomic E-state index is -0.318. The number of benzene rings is 3. The Labute approximate surface area is 212 Å². The highest BCUT2D eigenvalue weighted by atomic mass is 35.5. The third-order valence-corrected chi connectivity index (χ3v) is 7.07. The second-order valence-corrected chi connectivity index (χ2v) is 9.57. The van der Waals surface area contributed by atoms with Crippen molar-refractivity contribution in [1.29, 1.82) is 0 Å². The molecule has 0 atom stereocenters. The van der Waals surface area contributed by atoms with Crippen molar-refractivity contribution in [3.63, 3.8) is 0 Å². The Morgan fingerprint density at radius 1 is 1.03 bits per heavy atom. The summed E-state index contributed by atoms with van der Waals surface area (Å²) in [5.41, 5.74) is 3.81. The number of anilines is 2. The molecule has 5 nitrogen and oxygen atoms in total. The minimum absolute atomic E-state index is 0.0385. The van der Waals surface area contributed by atoms with Gasteiger partial charge >= 0.3 is 0 Å². The van der Waals surface area contributed by atoms with Crippen molar-refractivity contribution in [2.45, 2.75) is 6.54 Å². The summed E-state index contributed by atoms with van der Waals surface area (Å²) in [6.07, 6.45) is 0. The largest absolute Gasteiger partial charge is 0.336 e. The number of nitrogens with zero attached hydrogens (tertiary/aromatic N) is 3. The van der Waals surface area contributed by atoms with Crippen molar-refractivity contribution in [3.8, 4) is 11.3 Å². The zero-order chi connectivity index (χ0) is 24.2. The number of nitrogens with one attached hydrogen (secondary N) is 1. The number of hydrogen-bond acceptors (Lipinski definition) is 5. The number of halogens is 2. The van der Waals surface area contributed by atoms with E-state index in [-0.39, 0.29) is 11.7 Å². The second-order valence-electron chi connectivity index (χ2n) is 8.30. The number of carbonyl (C=O) groups is 1. The van der Waals surface area contributed by atoms with Gasteiger partial charge in [0.25, 0.3) is 5.91 Å². The zero-order valence-electron chi connectivity index (χ0n) is 19.0. The molecule has 2 heterocycles. The van der Waals surface area contributed by atoms with Crippen molar-refractivity contribution in [2.24, 2.45) is 0 Å². The van der Waals surface area contributed by atoms with E-state index in [0.717, 1.165) is 29.9 Å². The Kier molecular flexibility index (Phi) is 7.08. The molecule has 3 aromatic carbocycles. The van der Waals surface area contributed by atoms with E-state index in [4.69, 9.17) is 16.6 Å². The van der Waals surface area contributed by atoms with Crippen molar-refractivity contribution >= 4 is 39.7 Å². The van der Waals surface area contributed by atoms with E-state index in [0.29, 0.717) is 41.0 Å². The first-order valence-electron chi connectivity index (χ1n) is 11.4. The van der Waals surface area contributed by atoms with Gasteiger partial charge in [0.15, 0.2) is 5.13 Å². The molecular weight excluding hydrogens is 483 g/mol. The number of para-hydroxylation sites is 1. The van der Waals surface area contributed by atoms with E-state index in [1.807, 2.05) is 69.8 Å². The van der Waals surface area contributed by atoms with E-state index < -0.39 is 0 Å². The molecule has 0 spiro atoms. The van der Waals surface area contributed by atoms with Crippen LogP contribution in [0, 0.1) is 5.82 Å². The average molecular weight is 507 g/mol. The van der Waals surface area contributed by atoms with Crippen molar-refractivity contribution in [1.82, 2.24) is 15.2 Å². The van der Waals surface area contributed by atoms with Crippen LogP contribution in [0.3, 0.4) is 0 Å². The maximum atomic E-state index is 14.8. The van der Waals surface area contributed by atoms with Gasteiger partial charge in [-0.05, 0) is 42.0 Å². The molecule has 1 aliphatic heterocycles. The van der Waals surface area contributed by atoms with Crippen LogP contribution in [0.2, 0.25) is 5.02 Å². The molecule has 0 aliphatic carbocycles. The fourth-order valence-electron chi connectivity index (χ4n) is 4.05. The predicted octanol–water partition coefficient (Wildman–Crippen LogP) is 5.99. The van der Waals surface area contributed by atoms with Gasteiger partial charge in [0.05, 0.1) is 17.9 Å². The highest BCUT2D eigenvalue weighted by molar-refractivity contribution is 7.14. The first kappa shape index (κ1) is 23.5. The summed E-state index contributed by atoms with van der Waals surface area (Å²) in [5.74, 6) is -0.280. The first-order chi connectivity index (χ1) is 17.1. The molecule has 4 aromatic rings. The normalized spacial score (nSPS) is 13.6. The Bertz CT molecular complexity index is 1300. The molecule has 5 rings (SSSR count). The molecule has 0 saturated carbocycles. The smallest absolute Gasteiger partial charge is 0.253 e. The van der Waals surface area contributed by atoms with Crippen LogP contribution in [-0.2, 0) is 6.54 Å². The topological polar surface area (TPSA) is 48.5 Å². The van der Waals surface area contributed by atoms with E-state index in [1.165, 1.54) is 17.4 Å². The number of carbonyl (C=O) groups excluding carboxylic acids is 1. The molecule has 1 aromatic heterocycles. The molecule has 1 saturated heterocycles. The molecule has 1 N–H and O–H groups in total. The van der Waals surface area contributed by atoms with Crippen LogP contribution in [0.15, 0.2) is 78.2 Å². The summed E-state index contributed by atoms with van der Waals surface area (Å²) < 4.78 is 14.8. The van der Waals surface area contributed by atoms with Crippen molar-refractivity contribution < 1.29 is 9.18 Å². The maximum absolute atomic E-state index is 14.8. The Morgan fingerprint density at radius 3 is 2.46 bits per heavy atom. The third kappa shape index (κ3) is 5.37. The maximum Gasteiger partial charge on any atom is 0.253 e. The quantitative estimate of drug-likeness (QED) is 0.349. The van der Waals surface area contributed by atoms with Gasteiger partial charge in [-0.2, -0.15) is 0 Å². The molecule has 0 bridgehead atoms. The zero-order valence-corrected chi connectivity index (χ0v) is 20.5. The first-order valence-corrected chi connectivity index (χ1v) is 12.7. The lowest BCUT2D eigenvalue weighted by Crippen LogP contribution is -2.46. The van der Waals surface area contributed by atoms with Crippen molar-refractivity contribution in [3.05, 3.63) is 100 Å². The molecule has 8 heteroatoms. The fraction of sp³-hybridized carbons (Fsp3) is 0.185. The van der Waals surface area contributed by atoms with E-state index in [9.17, 15) is 9.18 Å². The van der Waals surface area contributed by atoms with E-state index in [2.05, 4.69) is 5.32 Å². The van der Waals surface area contributed by atoms with E-state index >= 15 is 0 Å². The summed E-state index contributed by atoms with van der Waals surface area (Å²) in [6, 6.07) is 21.7. The lowest BCUT2D eigenvalue weighted by atomic mass is 10.1. The van der Waals surface area contributed by atoms with Gasteiger partial charge in [0, 0.05) is 47.7 Å². The highest BCUT2D eigenvalue weighted by Gasteiger charge is 2.20. The van der Waals surface area contributed by atoms with Gasteiger partial charge in [-0.1, -0.05) is 48.0 Å². The molecule has 1 fully saturated rings. The number of piperazine rings is 1. The fourth-order valence-corrected chi connectivity index (χ4v) is 5.03. The predicted molar refractivity (Wildman–Crippen MR) is 140 cm³/mol. The lowest BCUT2D eigenvalue weighted by molar-refractivity contribution is 0.0736. The third-order valence-electron chi connectivity index (χ3n) is 5.95. The molecule has 1 amide bonds. The van der Waals surface area contributed by atoms with Gasteiger partial charge < -0.3 is 15.1 Å². The summed E-state index contributed by atoms with van der Waals surface area (Å²) in [7, 11) is 0. The van der Waals surface area contributed by atoms with Gasteiger partial charge in [0.2, 0.25) is 0 Å². The van der Waals surface area contributed by atoms with Gasteiger partial charge in [0.1, 0.15) is 5.82 Å². The Balaban J connectivity index is 1.41. The SMILES string of the molecule is O=C(c1ccc(CN(c2nc(-c3ccc(Cl)cc3)cs2)c2ccccc2F)cc1)N1CCNCC1. The van der Waals surface area contributed by atoms with Gasteiger partial charge in [-0.15, -0.1) is 11.3 Å². The van der Waals surface area contributed by atoms with Crippen LogP contribution in [-0.4, -0.2) is 42.0 Å². The van der Waals surface area contributed by atoms with Gasteiger partial charge in [-0.3, -0.25) is 4.79 Å². The molecule has 0 radical (unpaired) electrons. The van der Waals surface area contributed by atoms with Crippen LogP contribution >= 0.6 is 22.9 Å². The summed E-state index contributed by atoms with van der Waals surface area (Å²) >= 11 is 7.48. The number of thiazole rings is 1. The molecule has 35 heavy (non-hydrogen) atoms. The van der Waals surface area contributed by atoms with Crippen LogP contribution in [0.1, 0.15) is 15.9 Å². The minimum Gasteiger partial charge on any atom is -0.336 e. The van der Waals surface area contributed by atoms with Crippen LogP contribution < -0.4 is 10.2 Å². The molecular formula is C27H24ClFN4OS.